The van der Waals surface area contributed by atoms with Crippen molar-refractivity contribution in [2.24, 2.45) is 5.92 Å². The van der Waals surface area contributed by atoms with Crippen LogP contribution in [0.4, 0.5) is 4.39 Å². The fourth-order valence-electron chi connectivity index (χ4n) is 3.16. The van der Waals surface area contributed by atoms with Crippen LogP contribution in [-0.4, -0.2) is 39.5 Å². The van der Waals surface area contributed by atoms with Crippen molar-refractivity contribution >= 4 is 0 Å². The van der Waals surface area contributed by atoms with E-state index in [-0.39, 0.29) is 11.9 Å². The third-order valence-electron chi connectivity index (χ3n) is 4.33. The molecule has 2 unspecified atom stereocenters. The molecule has 2 atom stereocenters. The summed E-state index contributed by atoms with van der Waals surface area (Å²) in [6.45, 7) is 1.64. The fourth-order valence-corrected chi connectivity index (χ4v) is 3.16. The van der Waals surface area contributed by atoms with Crippen molar-refractivity contribution in [2.75, 3.05) is 13.6 Å². The molecule has 1 aromatic heterocycles. The van der Waals surface area contributed by atoms with Gasteiger partial charge in [-0.15, -0.1) is 0 Å². The lowest BCUT2D eigenvalue weighted by molar-refractivity contribution is 0.107. The Hall–Kier alpha value is -1.72. The van der Waals surface area contributed by atoms with Crippen LogP contribution in [0.3, 0.4) is 0 Å². The Kier molecular flexibility index (Phi) is 4.55. The fraction of sp³-hybridized carbons (Fsp3) is 0.471. The molecule has 0 bridgehead atoms. The van der Waals surface area contributed by atoms with Crippen LogP contribution in [0.2, 0.25) is 0 Å². The minimum absolute atomic E-state index is 0.153. The molecule has 1 fully saturated rings. The highest BCUT2D eigenvalue weighted by atomic mass is 19.1. The van der Waals surface area contributed by atoms with Gasteiger partial charge >= 0.3 is 0 Å². The van der Waals surface area contributed by atoms with Crippen LogP contribution >= 0.6 is 0 Å². The summed E-state index contributed by atoms with van der Waals surface area (Å²) in [6, 6.07) is 8.27. The van der Waals surface area contributed by atoms with Gasteiger partial charge in [0.1, 0.15) is 5.82 Å². The first-order valence-electron chi connectivity index (χ1n) is 7.79. The SMILES string of the molecule is CN(Cc1ccn(-c2ccc(F)cc2)n1)CC1CCCC1O. The molecule has 1 N–H and O–H groups in total. The van der Waals surface area contributed by atoms with Crippen molar-refractivity contribution in [1.82, 2.24) is 14.7 Å². The zero-order valence-corrected chi connectivity index (χ0v) is 12.8. The van der Waals surface area contributed by atoms with Gasteiger partial charge in [-0.3, -0.25) is 0 Å². The van der Waals surface area contributed by atoms with Crippen molar-refractivity contribution in [3.05, 3.63) is 48.0 Å². The molecule has 3 rings (SSSR count). The molecule has 0 aliphatic heterocycles. The number of hydrogen-bond donors (Lipinski definition) is 1. The molecular formula is C17H22FN3O. The molecule has 4 nitrogen and oxygen atoms in total. The third-order valence-corrected chi connectivity index (χ3v) is 4.33. The topological polar surface area (TPSA) is 41.3 Å². The molecule has 1 heterocycles. The van der Waals surface area contributed by atoms with Crippen molar-refractivity contribution in [3.63, 3.8) is 0 Å². The van der Waals surface area contributed by atoms with Gasteiger partial charge in [-0.25, -0.2) is 9.07 Å². The Morgan fingerprint density at radius 1 is 1.27 bits per heavy atom. The number of hydrogen-bond acceptors (Lipinski definition) is 3. The van der Waals surface area contributed by atoms with Gasteiger partial charge in [-0.2, -0.15) is 5.10 Å². The van der Waals surface area contributed by atoms with Gasteiger partial charge in [-0.1, -0.05) is 6.42 Å². The number of benzene rings is 1. The number of nitrogens with zero attached hydrogens (tertiary/aromatic N) is 3. The van der Waals surface area contributed by atoms with Crippen LogP contribution in [0.1, 0.15) is 25.0 Å². The highest BCUT2D eigenvalue weighted by Crippen LogP contribution is 2.26. The lowest BCUT2D eigenvalue weighted by Gasteiger charge is -2.22. The predicted octanol–water partition coefficient (Wildman–Crippen LogP) is 2.60. The Bertz CT molecular complexity index is 611. The van der Waals surface area contributed by atoms with Crippen LogP contribution < -0.4 is 0 Å². The Morgan fingerprint density at radius 3 is 2.73 bits per heavy atom. The molecule has 0 radical (unpaired) electrons. The molecule has 5 heteroatoms. The second-order valence-corrected chi connectivity index (χ2v) is 6.18. The quantitative estimate of drug-likeness (QED) is 0.923. The monoisotopic (exact) mass is 303 g/mol. The van der Waals surface area contributed by atoms with Crippen molar-refractivity contribution in [2.45, 2.75) is 31.9 Å². The molecule has 1 saturated carbocycles. The van der Waals surface area contributed by atoms with Crippen molar-refractivity contribution < 1.29 is 9.50 Å². The number of halogens is 1. The van der Waals surface area contributed by atoms with Crippen molar-refractivity contribution in [3.8, 4) is 5.69 Å². The highest BCUT2D eigenvalue weighted by molar-refractivity contribution is 5.31. The normalized spacial score (nSPS) is 21.6. The number of aromatic nitrogens is 2. The van der Waals surface area contributed by atoms with E-state index in [0.717, 1.165) is 43.7 Å². The Morgan fingerprint density at radius 2 is 2.05 bits per heavy atom. The molecular weight excluding hydrogens is 281 g/mol. The number of aliphatic hydroxyl groups is 1. The van der Waals surface area contributed by atoms with Gasteiger partial charge in [0.15, 0.2) is 0 Å². The minimum Gasteiger partial charge on any atom is -0.393 e. The molecule has 0 saturated heterocycles. The highest BCUT2D eigenvalue weighted by Gasteiger charge is 2.26. The van der Waals surface area contributed by atoms with E-state index in [4.69, 9.17) is 0 Å². The maximum Gasteiger partial charge on any atom is 0.123 e. The first-order chi connectivity index (χ1) is 10.6. The summed E-state index contributed by atoms with van der Waals surface area (Å²) < 4.78 is 14.7. The summed E-state index contributed by atoms with van der Waals surface area (Å²) in [5.74, 6) is 0.134. The van der Waals surface area contributed by atoms with E-state index in [0.29, 0.717) is 5.92 Å². The average molecular weight is 303 g/mol. The second-order valence-electron chi connectivity index (χ2n) is 6.18. The average Bonchev–Trinajstić information content (AvgIpc) is 3.10. The van der Waals surface area contributed by atoms with E-state index in [2.05, 4.69) is 17.0 Å². The van der Waals surface area contributed by atoms with E-state index in [1.807, 2.05) is 12.3 Å². The van der Waals surface area contributed by atoms with Gasteiger partial charge in [-0.05, 0) is 56.1 Å². The van der Waals surface area contributed by atoms with Gasteiger partial charge in [0.25, 0.3) is 0 Å². The largest absolute Gasteiger partial charge is 0.393 e. The van der Waals surface area contributed by atoms with Crippen LogP contribution in [0.5, 0.6) is 0 Å². The van der Waals surface area contributed by atoms with Gasteiger partial charge in [0.2, 0.25) is 0 Å². The van der Waals surface area contributed by atoms with Gasteiger partial charge in [0.05, 0.1) is 17.5 Å². The molecule has 2 aromatic rings. The smallest absolute Gasteiger partial charge is 0.123 e. The first kappa shape index (κ1) is 15.2. The van der Waals surface area contributed by atoms with E-state index in [9.17, 15) is 9.50 Å². The van der Waals surface area contributed by atoms with Crippen LogP contribution in [0.25, 0.3) is 5.69 Å². The van der Waals surface area contributed by atoms with E-state index >= 15 is 0 Å². The van der Waals surface area contributed by atoms with E-state index < -0.39 is 0 Å². The zero-order valence-electron chi connectivity index (χ0n) is 12.8. The van der Waals surface area contributed by atoms with Gasteiger partial charge in [0, 0.05) is 19.3 Å². The molecule has 1 aromatic carbocycles. The molecule has 1 aliphatic rings. The maximum absolute atomic E-state index is 12.9. The van der Waals surface area contributed by atoms with Crippen LogP contribution in [0.15, 0.2) is 36.5 Å². The lowest BCUT2D eigenvalue weighted by Crippen LogP contribution is -2.29. The second kappa shape index (κ2) is 6.58. The molecule has 0 amide bonds. The maximum atomic E-state index is 12.9. The summed E-state index contributed by atoms with van der Waals surface area (Å²) in [5, 5.41) is 14.4. The van der Waals surface area contributed by atoms with E-state index in [1.165, 1.54) is 12.1 Å². The van der Waals surface area contributed by atoms with Gasteiger partial charge < -0.3 is 10.0 Å². The number of rotatable bonds is 5. The standard InChI is InChI=1S/C17H22FN3O/c1-20(11-13-3-2-4-17(13)22)12-15-9-10-21(19-15)16-7-5-14(18)6-8-16/h5-10,13,17,22H,2-4,11-12H2,1H3. The summed E-state index contributed by atoms with van der Waals surface area (Å²) in [7, 11) is 2.06. The lowest BCUT2D eigenvalue weighted by atomic mass is 10.1. The molecule has 118 valence electrons. The summed E-state index contributed by atoms with van der Waals surface area (Å²) in [4.78, 5) is 2.20. The Balaban J connectivity index is 1.60. The molecule has 22 heavy (non-hydrogen) atoms. The predicted molar refractivity (Wildman–Crippen MR) is 83.2 cm³/mol. The van der Waals surface area contributed by atoms with E-state index in [1.54, 1.807) is 16.8 Å². The summed E-state index contributed by atoms with van der Waals surface area (Å²) >= 11 is 0. The minimum atomic E-state index is -0.244. The molecule has 1 aliphatic carbocycles. The summed E-state index contributed by atoms with van der Waals surface area (Å²) in [5.41, 5.74) is 1.82. The van der Waals surface area contributed by atoms with Crippen molar-refractivity contribution in [1.29, 1.82) is 0 Å². The number of aliphatic hydroxyl groups excluding tert-OH is 1. The first-order valence-corrected chi connectivity index (χ1v) is 7.79. The van der Waals surface area contributed by atoms with Crippen LogP contribution in [-0.2, 0) is 6.54 Å². The van der Waals surface area contributed by atoms with Crippen LogP contribution in [0, 0.1) is 11.7 Å². The zero-order chi connectivity index (χ0) is 15.5. The Labute approximate surface area is 130 Å². The third kappa shape index (κ3) is 3.54. The summed E-state index contributed by atoms with van der Waals surface area (Å²) in [6.07, 6.45) is 4.90. The molecule has 0 spiro atoms.